The van der Waals surface area contributed by atoms with Crippen LogP contribution in [-0.4, -0.2) is 51.2 Å². The van der Waals surface area contributed by atoms with Crippen molar-refractivity contribution in [3.05, 3.63) is 53.7 Å². The first-order valence-corrected chi connectivity index (χ1v) is 13.1. The smallest absolute Gasteiger partial charge is 0.240 e. The van der Waals surface area contributed by atoms with Gasteiger partial charge in [0.25, 0.3) is 0 Å². The number of pyridine rings is 1. The maximum Gasteiger partial charge on any atom is 0.240 e. The van der Waals surface area contributed by atoms with Crippen molar-refractivity contribution >= 4 is 21.7 Å². The third-order valence-electron chi connectivity index (χ3n) is 5.72. The van der Waals surface area contributed by atoms with Gasteiger partial charge < -0.3 is 15.0 Å². The maximum absolute atomic E-state index is 12.5. The molecule has 2 heterocycles. The molecule has 2 unspecified atom stereocenters. The third kappa shape index (κ3) is 7.25. The van der Waals surface area contributed by atoms with Crippen LogP contribution >= 0.6 is 0 Å². The molecular formula is C25H36N4O4S. The normalized spacial score (nSPS) is 19.1. The highest BCUT2D eigenvalue weighted by Gasteiger charge is 2.23. The predicted molar refractivity (Wildman–Crippen MR) is 133 cm³/mol. The summed E-state index contributed by atoms with van der Waals surface area (Å²) in [7, 11) is -3.66. The molecule has 2 atom stereocenters. The van der Waals surface area contributed by atoms with E-state index < -0.39 is 10.0 Å². The van der Waals surface area contributed by atoms with Crippen LogP contribution in [0.3, 0.4) is 0 Å². The minimum atomic E-state index is -3.66. The van der Waals surface area contributed by atoms with Gasteiger partial charge in [-0.05, 0) is 48.6 Å². The molecule has 0 saturated carbocycles. The minimum Gasteiger partial charge on any atom is -0.372 e. The summed E-state index contributed by atoms with van der Waals surface area (Å²) in [6.45, 7) is 12.3. The number of carbonyl (C=O) groups is 1. The van der Waals surface area contributed by atoms with Crippen molar-refractivity contribution in [1.82, 2.24) is 15.0 Å². The van der Waals surface area contributed by atoms with Gasteiger partial charge in [-0.2, -0.15) is 0 Å². The Hall–Kier alpha value is -2.49. The molecule has 8 nitrogen and oxygen atoms in total. The van der Waals surface area contributed by atoms with Crippen molar-refractivity contribution in [2.75, 3.05) is 24.5 Å². The third-order valence-corrected chi connectivity index (χ3v) is 7.19. The van der Waals surface area contributed by atoms with Gasteiger partial charge >= 0.3 is 0 Å². The van der Waals surface area contributed by atoms with E-state index in [1.165, 1.54) is 0 Å². The van der Waals surface area contributed by atoms with E-state index in [1.807, 2.05) is 24.3 Å². The van der Waals surface area contributed by atoms with Crippen LogP contribution in [0, 0.1) is 0 Å². The van der Waals surface area contributed by atoms with E-state index in [1.54, 1.807) is 18.3 Å². The van der Waals surface area contributed by atoms with Crippen molar-refractivity contribution in [1.29, 1.82) is 0 Å². The number of amides is 1. The number of benzene rings is 1. The first-order valence-electron chi connectivity index (χ1n) is 11.7. The molecule has 3 rings (SSSR count). The molecule has 0 bridgehead atoms. The van der Waals surface area contributed by atoms with Gasteiger partial charge in [0.15, 0.2) is 0 Å². The topological polar surface area (TPSA) is 101 Å². The molecule has 1 saturated heterocycles. The van der Waals surface area contributed by atoms with Gasteiger partial charge in [0.1, 0.15) is 5.82 Å². The van der Waals surface area contributed by atoms with Crippen molar-refractivity contribution in [3.63, 3.8) is 0 Å². The molecule has 186 valence electrons. The van der Waals surface area contributed by atoms with E-state index in [0.717, 1.165) is 30.0 Å². The number of aromatic nitrogens is 1. The highest BCUT2D eigenvalue weighted by Crippen LogP contribution is 2.23. The van der Waals surface area contributed by atoms with Gasteiger partial charge in [-0.25, -0.2) is 18.1 Å². The molecule has 2 aromatic rings. The first kappa shape index (κ1) is 26.1. The zero-order chi connectivity index (χ0) is 24.9. The number of morpholine rings is 1. The van der Waals surface area contributed by atoms with Gasteiger partial charge in [0.2, 0.25) is 15.9 Å². The summed E-state index contributed by atoms with van der Waals surface area (Å²) in [6.07, 6.45) is 2.12. The largest absolute Gasteiger partial charge is 0.372 e. The van der Waals surface area contributed by atoms with E-state index in [4.69, 9.17) is 4.74 Å². The molecule has 34 heavy (non-hydrogen) atoms. The van der Waals surface area contributed by atoms with Crippen molar-refractivity contribution in [2.24, 2.45) is 0 Å². The van der Waals surface area contributed by atoms with E-state index in [0.29, 0.717) is 6.54 Å². The number of sulfonamides is 1. The van der Waals surface area contributed by atoms with Crippen molar-refractivity contribution < 1.29 is 17.9 Å². The fourth-order valence-electron chi connectivity index (χ4n) is 3.88. The quantitative estimate of drug-likeness (QED) is 0.593. The first-order chi connectivity index (χ1) is 15.9. The van der Waals surface area contributed by atoms with Crippen LogP contribution in [0.1, 0.15) is 52.2 Å². The Bertz CT molecular complexity index is 1050. The van der Waals surface area contributed by atoms with Crippen molar-refractivity contribution in [3.8, 4) is 0 Å². The lowest BCUT2D eigenvalue weighted by molar-refractivity contribution is -0.121. The lowest BCUT2D eigenvalue weighted by atomic mass is 9.87. The highest BCUT2D eigenvalue weighted by molar-refractivity contribution is 7.89. The Labute approximate surface area is 203 Å². The van der Waals surface area contributed by atoms with Gasteiger partial charge in [-0.15, -0.1) is 0 Å². The Morgan fingerprint density at radius 1 is 1.09 bits per heavy atom. The van der Waals surface area contributed by atoms with E-state index in [2.05, 4.69) is 54.5 Å². The molecule has 1 amide bonds. The number of ether oxygens (including phenoxy) is 1. The average Bonchev–Trinajstić information content (AvgIpc) is 2.77. The second kappa shape index (κ2) is 10.8. The van der Waals surface area contributed by atoms with Crippen LogP contribution in [0.4, 0.5) is 5.82 Å². The second-order valence-electron chi connectivity index (χ2n) is 9.89. The summed E-state index contributed by atoms with van der Waals surface area (Å²) in [4.78, 5) is 19.1. The molecule has 1 fully saturated rings. The van der Waals surface area contributed by atoms with Gasteiger partial charge in [0.05, 0.1) is 17.1 Å². The maximum atomic E-state index is 12.5. The van der Waals surface area contributed by atoms with E-state index >= 15 is 0 Å². The Balaban J connectivity index is 1.43. The lowest BCUT2D eigenvalue weighted by Crippen LogP contribution is -2.45. The standard InChI is InChI=1S/C25H36N4O4S/c1-18-16-29(17-19(2)33-18)23-11-6-20(14-26-23)15-27-24(30)12-13-28-34(31,32)22-9-7-21(8-10-22)25(3,4)5/h6-11,14,18-19,28H,12-13,15-17H2,1-5H3,(H,27,30). The zero-order valence-corrected chi connectivity index (χ0v) is 21.5. The fourth-order valence-corrected chi connectivity index (χ4v) is 4.91. The molecule has 1 aromatic carbocycles. The van der Waals surface area contributed by atoms with Gasteiger partial charge in [-0.1, -0.05) is 39.0 Å². The van der Waals surface area contributed by atoms with Gasteiger partial charge in [-0.3, -0.25) is 4.79 Å². The number of rotatable bonds is 8. The molecule has 2 N–H and O–H groups in total. The summed E-state index contributed by atoms with van der Waals surface area (Å²) in [5, 5.41) is 2.81. The van der Waals surface area contributed by atoms with Crippen LogP contribution in [0.5, 0.6) is 0 Å². The number of hydrogen-bond donors (Lipinski definition) is 2. The molecular weight excluding hydrogens is 452 g/mol. The predicted octanol–water partition coefficient (Wildman–Crippen LogP) is 2.98. The number of hydrogen-bond acceptors (Lipinski definition) is 6. The molecule has 1 aromatic heterocycles. The van der Waals surface area contributed by atoms with Crippen LogP contribution < -0.4 is 14.9 Å². The molecule has 1 aliphatic rings. The van der Waals surface area contributed by atoms with Gasteiger partial charge in [0, 0.05) is 38.8 Å². The van der Waals surface area contributed by atoms with Crippen molar-refractivity contribution in [2.45, 2.75) is 70.1 Å². The number of anilines is 1. The molecule has 0 radical (unpaired) electrons. The van der Waals surface area contributed by atoms with Crippen LogP contribution in [-0.2, 0) is 31.5 Å². The summed E-state index contributed by atoms with van der Waals surface area (Å²) in [6, 6.07) is 10.7. The van der Waals surface area contributed by atoms with E-state index in [9.17, 15) is 13.2 Å². The molecule has 0 aliphatic carbocycles. The molecule has 1 aliphatic heterocycles. The van der Waals surface area contributed by atoms with Crippen LogP contribution in [0.25, 0.3) is 0 Å². The highest BCUT2D eigenvalue weighted by atomic mass is 32.2. The fraction of sp³-hybridized carbons (Fsp3) is 0.520. The number of nitrogens with one attached hydrogen (secondary N) is 2. The van der Waals surface area contributed by atoms with Crippen LogP contribution in [0.2, 0.25) is 0 Å². The Morgan fingerprint density at radius 2 is 1.74 bits per heavy atom. The molecule has 0 spiro atoms. The summed E-state index contributed by atoms with van der Waals surface area (Å²) in [5.74, 6) is 0.660. The Kier molecular flexibility index (Phi) is 8.33. The minimum absolute atomic E-state index is 0.0276. The average molecular weight is 489 g/mol. The monoisotopic (exact) mass is 488 g/mol. The van der Waals surface area contributed by atoms with Crippen LogP contribution in [0.15, 0.2) is 47.5 Å². The zero-order valence-electron chi connectivity index (χ0n) is 20.7. The molecule has 9 heteroatoms. The number of nitrogens with zero attached hydrogens (tertiary/aromatic N) is 2. The summed E-state index contributed by atoms with van der Waals surface area (Å²) >= 11 is 0. The van der Waals surface area contributed by atoms with E-state index in [-0.39, 0.29) is 41.4 Å². The Morgan fingerprint density at radius 3 is 2.29 bits per heavy atom. The summed E-state index contributed by atoms with van der Waals surface area (Å²) in [5.41, 5.74) is 1.89. The lowest BCUT2D eigenvalue weighted by Gasteiger charge is -2.36. The second-order valence-corrected chi connectivity index (χ2v) is 11.7. The number of carbonyl (C=O) groups excluding carboxylic acids is 1. The summed E-state index contributed by atoms with van der Waals surface area (Å²) < 4.78 is 33.2. The SMILES string of the molecule is CC1CN(c2ccc(CNC(=O)CCNS(=O)(=O)c3ccc(C(C)(C)C)cc3)cn2)CC(C)O1.